The van der Waals surface area contributed by atoms with Gasteiger partial charge in [0.05, 0.1) is 0 Å². The van der Waals surface area contributed by atoms with Crippen LogP contribution in [0.15, 0.2) is 0 Å². The lowest BCUT2D eigenvalue weighted by Gasteiger charge is -2.22. The Morgan fingerprint density at radius 2 is 1.73 bits per heavy atom. The minimum Gasteiger partial charge on any atom is -0.310 e. The van der Waals surface area contributed by atoms with Crippen LogP contribution in [0.5, 0.6) is 0 Å². The highest BCUT2D eigenvalue weighted by Gasteiger charge is 2.65. The molecular weight excluding hydrogens is 182 g/mol. The van der Waals surface area contributed by atoms with E-state index < -0.39 is 0 Å². The Bertz CT molecular complexity index is 278. The number of nitrogens with one attached hydrogen (secondary N) is 1. The molecule has 0 aliphatic heterocycles. The molecule has 0 radical (unpaired) electrons. The Morgan fingerprint density at radius 3 is 2.27 bits per heavy atom. The molecule has 2 bridgehead atoms. The van der Waals surface area contributed by atoms with Crippen LogP contribution < -0.4 is 5.32 Å². The van der Waals surface area contributed by atoms with Crippen LogP contribution in [0.2, 0.25) is 0 Å². The van der Waals surface area contributed by atoms with Gasteiger partial charge in [0.2, 0.25) is 0 Å². The Morgan fingerprint density at radius 1 is 1.13 bits per heavy atom. The molecule has 4 aliphatic carbocycles. The first-order valence-electron chi connectivity index (χ1n) is 6.95. The zero-order valence-electron chi connectivity index (χ0n) is 10.00. The van der Waals surface area contributed by atoms with E-state index in [1.165, 1.54) is 12.8 Å². The van der Waals surface area contributed by atoms with E-state index in [0.29, 0.717) is 5.41 Å². The molecule has 15 heavy (non-hydrogen) atoms. The molecule has 0 aromatic heterocycles. The van der Waals surface area contributed by atoms with Crippen LogP contribution in [0.1, 0.15) is 46.0 Å². The van der Waals surface area contributed by atoms with Gasteiger partial charge in [0.1, 0.15) is 0 Å². The molecule has 1 N–H and O–H groups in total. The van der Waals surface area contributed by atoms with Gasteiger partial charge in [0, 0.05) is 12.1 Å². The van der Waals surface area contributed by atoms with Crippen LogP contribution in [0.4, 0.5) is 0 Å². The highest BCUT2D eigenvalue weighted by atomic mass is 15.1. The van der Waals surface area contributed by atoms with Gasteiger partial charge >= 0.3 is 0 Å². The van der Waals surface area contributed by atoms with E-state index in [-0.39, 0.29) is 0 Å². The zero-order chi connectivity index (χ0) is 10.2. The number of fused-ring (bicyclic) bond motifs is 5. The lowest BCUT2D eigenvalue weighted by atomic mass is 9.99. The van der Waals surface area contributed by atoms with Crippen molar-refractivity contribution in [1.82, 2.24) is 5.32 Å². The first-order valence-corrected chi connectivity index (χ1v) is 6.95. The van der Waals surface area contributed by atoms with E-state index in [1.54, 1.807) is 19.3 Å². The van der Waals surface area contributed by atoms with Crippen LogP contribution in [0, 0.1) is 29.1 Å². The predicted molar refractivity (Wildman–Crippen MR) is 61.5 cm³/mol. The molecule has 0 heterocycles. The van der Waals surface area contributed by atoms with Gasteiger partial charge in [0.25, 0.3) is 0 Å². The average molecular weight is 205 g/mol. The third kappa shape index (κ3) is 1.13. The van der Waals surface area contributed by atoms with Gasteiger partial charge in [-0.2, -0.15) is 0 Å². The maximum absolute atomic E-state index is 3.96. The van der Waals surface area contributed by atoms with Crippen molar-refractivity contribution < 1.29 is 0 Å². The van der Waals surface area contributed by atoms with E-state index in [0.717, 1.165) is 35.8 Å². The van der Waals surface area contributed by atoms with E-state index in [4.69, 9.17) is 0 Å². The second kappa shape index (κ2) is 2.61. The Labute approximate surface area is 93.0 Å². The predicted octanol–water partition coefficient (Wildman–Crippen LogP) is 2.81. The van der Waals surface area contributed by atoms with Crippen LogP contribution in [-0.4, -0.2) is 12.1 Å². The van der Waals surface area contributed by atoms with Crippen molar-refractivity contribution in [3.8, 4) is 0 Å². The molecule has 4 aliphatic rings. The molecule has 5 unspecified atom stereocenters. The van der Waals surface area contributed by atoms with Gasteiger partial charge in [-0.25, -0.2) is 0 Å². The fourth-order valence-electron chi connectivity index (χ4n) is 4.67. The monoisotopic (exact) mass is 205 g/mol. The summed E-state index contributed by atoms with van der Waals surface area (Å²) in [6.45, 7) is 4.88. The smallest absolute Gasteiger partial charge is 0.0138 e. The Hall–Kier alpha value is -0.0400. The van der Waals surface area contributed by atoms with Gasteiger partial charge in [-0.15, -0.1) is 0 Å². The summed E-state index contributed by atoms with van der Waals surface area (Å²) in [5, 5.41) is 3.96. The summed E-state index contributed by atoms with van der Waals surface area (Å²) in [6.07, 6.45) is 7.59. The minimum atomic E-state index is 0.663. The lowest BCUT2D eigenvalue weighted by Crippen LogP contribution is -2.37. The molecule has 4 fully saturated rings. The maximum Gasteiger partial charge on any atom is 0.0138 e. The molecule has 0 aromatic carbocycles. The van der Waals surface area contributed by atoms with Gasteiger partial charge in [0.15, 0.2) is 0 Å². The van der Waals surface area contributed by atoms with Gasteiger partial charge < -0.3 is 5.32 Å². The first kappa shape index (κ1) is 9.04. The van der Waals surface area contributed by atoms with Gasteiger partial charge in [-0.1, -0.05) is 6.92 Å². The maximum atomic E-state index is 3.96. The van der Waals surface area contributed by atoms with Crippen molar-refractivity contribution in [2.24, 2.45) is 29.1 Å². The lowest BCUT2D eigenvalue weighted by molar-refractivity contribution is 0.343. The molecule has 0 aromatic rings. The van der Waals surface area contributed by atoms with Crippen LogP contribution in [0.25, 0.3) is 0 Å². The summed E-state index contributed by atoms with van der Waals surface area (Å²) in [5.74, 6) is 4.45. The molecule has 4 saturated carbocycles. The minimum absolute atomic E-state index is 0.663. The van der Waals surface area contributed by atoms with Crippen molar-refractivity contribution in [2.45, 2.75) is 58.0 Å². The van der Waals surface area contributed by atoms with E-state index in [2.05, 4.69) is 19.2 Å². The van der Waals surface area contributed by atoms with Gasteiger partial charge in [-0.05, 0) is 68.1 Å². The fourth-order valence-corrected chi connectivity index (χ4v) is 4.67. The topological polar surface area (TPSA) is 12.0 Å². The Balaban J connectivity index is 1.42. The fraction of sp³-hybridized carbons (Fsp3) is 1.00. The highest BCUT2D eigenvalue weighted by Crippen LogP contribution is 2.66. The Kier molecular flexibility index (Phi) is 1.57. The standard InChI is InChI=1S/C14H23N/c1-8(14(2)5-6-14)15-13-11-9-3-4-10(7-9)12(11)13/h8-13,15H,3-7H2,1-2H3. The van der Waals surface area contributed by atoms with E-state index in [1.807, 2.05) is 0 Å². The summed E-state index contributed by atoms with van der Waals surface area (Å²) >= 11 is 0. The third-order valence-corrected chi connectivity index (χ3v) is 6.26. The normalized spacial score (nSPS) is 55.2. The highest BCUT2D eigenvalue weighted by molar-refractivity contribution is 5.18. The molecule has 4 rings (SSSR count). The quantitative estimate of drug-likeness (QED) is 0.747. The summed E-state index contributed by atoms with van der Waals surface area (Å²) in [6, 6.07) is 1.70. The zero-order valence-corrected chi connectivity index (χ0v) is 10.00. The van der Waals surface area contributed by atoms with Crippen LogP contribution in [-0.2, 0) is 0 Å². The summed E-state index contributed by atoms with van der Waals surface area (Å²) in [7, 11) is 0. The SMILES string of the molecule is CC(NC1C2C3CCC(C3)C12)C1(C)CC1. The van der Waals surface area contributed by atoms with Crippen molar-refractivity contribution >= 4 is 0 Å². The second-order valence-corrected chi connectivity index (χ2v) is 7.06. The second-order valence-electron chi connectivity index (χ2n) is 7.06. The average Bonchev–Trinajstić information content (AvgIpc) is 3.05. The van der Waals surface area contributed by atoms with Gasteiger partial charge in [-0.3, -0.25) is 0 Å². The molecule has 1 heteroatoms. The molecular formula is C14H23N. The van der Waals surface area contributed by atoms with Crippen molar-refractivity contribution in [3.63, 3.8) is 0 Å². The molecule has 5 atom stereocenters. The molecule has 0 spiro atoms. The summed E-state index contributed by atoms with van der Waals surface area (Å²) in [5.41, 5.74) is 0.663. The van der Waals surface area contributed by atoms with Crippen LogP contribution in [0.3, 0.4) is 0 Å². The van der Waals surface area contributed by atoms with Crippen molar-refractivity contribution in [2.75, 3.05) is 0 Å². The number of rotatable bonds is 3. The first-order chi connectivity index (χ1) is 7.19. The molecule has 84 valence electrons. The van der Waals surface area contributed by atoms with Crippen LogP contribution >= 0.6 is 0 Å². The van der Waals surface area contributed by atoms with E-state index in [9.17, 15) is 0 Å². The summed E-state index contributed by atoms with van der Waals surface area (Å²) in [4.78, 5) is 0. The molecule has 0 amide bonds. The molecule has 0 saturated heterocycles. The summed E-state index contributed by atoms with van der Waals surface area (Å²) < 4.78 is 0. The number of hydrogen-bond donors (Lipinski definition) is 1. The largest absolute Gasteiger partial charge is 0.310 e. The number of hydrogen-bond acceptors (Lipinski definition) is 1. The van der Waals surface area contributed by atoms with Crippen molar-refractivity contribution in [3.05, 3.63) is 0 Å². The third-order valence-electron chi connectivity index (χ3n) is 6.26. The van der Waals surface area contributed by atoms with E-state index >= 15 is 0 Å². The van der Waals surface area contributed by atoms with Crippen molar-refractivity contribution in [1.29, 1.82) is 0 Å². The molecule has 1 nitrogen and oxygen atoms in total.